The molecule has 2 heterocycles. The van der Waals surface area contributed by atoms with E-state index in [1.54, 1.807) is 13.2 Å². The van der Waals surface area contributed by atoms with Crippen LogP contribution >= 0.6 is 0 Å². The number of hydrogen-bond acceptors (Lipinski definition) is 6. The summed E-state index contributed by atoms with van der Waals surface area (Å²) in [5, 5.41) is 14.2. The topological polar surface area (TPSA) is 123 Å². The largest absolute Gasteiger partial charge is 0.496 e. The van der Waals surface area contributed by atoms with Crippen molar-refractivity contribution < 1.29 is 23.6 Å². The maximum Gasteiger partial charge on any atom is 0.322 e. The van der Waals surface area contributed by atoms with E-state index in [0.29, 0.717) is 42.9 Å². The molecule has 33 heavy (non-hydrogen) atoms. The molecule has 9 nitrogen and oxygen atoms in total. The number of methoxy groups -OCH3 is 1. The molecule has 1 aliphatic carbocycles. The van der Waals surface area contributed by atoms with Crippen molar-refractivity contribution in [3.8, 4) is 17.0 Å². The number of nitrogens with one attached hydrogen (secondary N) is 3. The minimum Gasteiger partial charge on any atom is -0.496 e. The molecule has 2 fully saturated rings. The lowest BCUT2D eigenvalue weighted by molar-refractivity contribution is -0.130. The van der Waals surface area contributed by atoms with Gasteiger partial charge < -0.3 is 19.9 Å². The molecule has 1 saturated heterocycles. The Kier molecular flexibility index (Phi) is 5.24. The lowest BCUT2D eigenvalue weighted by Crippen LogP contribution is -2.50. The summed E-state index contributed by atoms with van der Waals surface area (Å²) in [6.07, 6.45) is 1.93. The Hall–Kier alpha value is -3.88. The minimum absolute atomic E-state index is 0.102. The molecular formula is C24H24N4O5. The number of carbonyl (C=O) groups excluding carboxylic acids is 3. The number of fused-ring (bicyclic) bond motifs is 1. The summed E-state index contributed by atoms with van der Waals surface area (Å²) in [6.45, 7) is 0.206. The predicted molar refractivity (Wildman–Crippen MR) is 119 cm³/mol. The maximum absolute atomic E-state index is 12.7. The highest BCUT2D eigenvalue weighted by molar-refractivity contribution is 6.07. The molecule has 3 aromatic rings. The molecule has 170 valence electrons. The third-order valence-corrected chi connectivity index (χ3v) is 6.59. The molecule has 0 unspecified atom stereocenters. The molecule has 0 radical (unpaired) electrons. The molecule has 3 N–H and O–H groups in total. The Labute approximate surface area is 189 Å². The Morgan fingerprint density at radius 1 is 1.21 bits per heavy atom. The van der Waals surface area contributed by atoms with Gasteiger partial charge >= 0.3 is 6.03 Å². The molecule has 2 aliphatic rings. The van der Waals surface area contributed by atoms with Gasteiger partial charge in [0, 0.05) is 12.0 Å². The molecule has 0 atom stereocenters. The van der Waals surface area contributed by atoms with Crippen molar-refractivity contribution in [1.29, 1.82) is 0 Å². The average molecular weight is 448 g/mol. The first-order valence-corrected chi connectivity index (χ1v) is 10.9. The summed E-state index contributed by atoms with van der Waals surface area (Å²) in [7, 11) is 1.61. The fourth-order valence-electron chi connectivity index (χ4n) is 4.77. The summed E-state index contributed by atoms with van der Waals surface area (Å²) < 4.78 is 11.0. The lowest BCUT2D eigenvalue weighted by atomic mass is 9.76. The van der Waals surface area contributed by atoms with Crippen molar-refractivity contribution >= 4 is 28.6 Å². The predicted octanol–water partition coefficient (Wildman–Crippen LogP) is 2.89. The van der Waals surface area contributed by atoms with E-state index >= 15 is 0 Å². The molecule has 1 saturated carbocycles. The van der Waals surface area contributed by atoms with Gasteiger partial charge in [-0.2, -0.15) is 0 Å². The number of benzene rings is 2. The average Bonchev–Trinajstić information content (AvgIpc) is 3.40. The molecular weight excluding hydrogens is 424 g/mol. The van der Waals surface area contributed by atoms with Crippen molar-refractivity contribution in [2.45, 2.75) is 37.8 Å². The number of nitrogens with zero attached hydrogens (tertiary/aromatic N) is 1. The Morgan fingerprint density at radius 2 is 2.00 bits per heavy atom. The quantitative estimate of drug-likeness (QED) is 0.516. The van der Waals surface area contributed by atoms with Gasteiger partial charge in [0.2, 0.25) is 5.91 Å². The number of rotatable bonds is 5. The van der Waals surface area contributed by atoms with Crippen molar-refractivity contribution in [1.82, 2.24) is 21.1 Å². The highest BCUT2D eigenvalue weighted by Gasteiger charge is 2.48. The van der Waals surface area contributed by atoms with Crippen LogP contribution < -0.4 is 20.7 Å². The maximum atomic E-state index is 12.7. The molecule has 4 amide bonds. The molecule has 1 aliphatic heterocycles. The summed E-state index contributed by atoms with van der Waals surface area (Å²) in [6, 6.07) is 13.2. The highest BCUT2D eigenvalue weighted by atomic mass is 16.5. The second-order valence-corrected chi connectivity index (χ2v) is 8.52. The van der Waals surface area contributed by atoms with Crippen LogP contribution in [0, 0.1) is 5.92 Å². The summed E-state index contributed by atoms with van der Waals surface area (Å²) in [5.41, 5.74) is 0.604. The number of ether oxygens (including phenoxy) is 1. The highest BCUT2D eigenvalue weighted by Crippen LogP contribution is 2.37. The third-order valence-electron chi connectivity index (χ3n) is 6.59. The van der Waals surface area contributed by atoms with Crippen LogP contribution in [0.2, 0.25) is 0 Å². The van der Waals surface area contributed by atoms with E-state index in [-0.39, 0.29) is 24.3 Å². The summed E-state index contributed by atoms with van der Waals surface area (Å²) in [5.74, 6) is 0.598. The zero-order valence-corrected chi connectivity index (χ0v) is 18.1. The van der Waals surface area contributed by atoms with Crippen molar-refractivity contribution in [2.24, 2.45) is 5.92 Å². The van der Waals surface area contributed by atoms with Crippen molar-refractivity contribution in [3.63, 3.8) is 0 Å². The lowest BCUT2D eigenvalue weighted by Gasteiger charge is -2.33. The normalized spacial score (nSPS) is 22.3. The Balaban J connectivity index is 1.25. The van der Waals surface area contributed by atoms with Gasteiger partial charge in [0.25, 0.3) is 5.91 Å². The molecule has 9 heteroatoms. The number of amides is 4. The Bertz CT molecular complexity index is 1240. The van der Waals surface area contributed by atoms with Crippen molar-refractivity contribution in [3.05, 3.63) is 48.2 Å². The van der Waals surface area contributed by atoms with E-state index in [9.17, 15) is 14.4 Å². The van der Waals surface area contributed by atoms with Gasteiger partial charge in [-0.05, 0) is 42.5 Å². The van der Waals surface area contributed by atoms with Crippen molar-refractivity contribution in [2.75, 3.05) is 7.11 Å². The van der Waals surface area contributed by atoms with E-state index in [2.05, 4.69) is 21.1 Å². The van der Waals surface area contributed by atoms with Crippen LogP contribution in [0.25, 0.3) is 22.0 Å². The van der Waals surface area contributed by atoms with Gasteiger partial charge in [0.05, 0.1) is 19.2 Å². The van der Waals surface area contributed by atoms with E-state index in [4.69, 9.17) is 9.26 Å². The number of imide groups is 1. The minimum atomic E-state index is -0.870. The smallest absolute Gasteiger partial charge is 0.322 e. The number of carbonyl (C=O) groups is 3. The second-order valence-electron chi connectivity index (χ2n) is 8.52. The summed E-state index contributed by atoms with van der Waals surface area (Å²) in [4.78, 5) is 36.2. The van der Waals surface area contributed by atoms with E-state index in [0.717, 1.165) is 16.3 Å². The van der Waals surface area contributed by atoms with Crippen LogP contribution in [-0.2, 0) is 16.1 Å². The van der Waals surface area contributed by atoms with E-state index in [1.165, 1.54) is 0 Å². The van der Waals surface area contributed by atoms with Gasteiger partial charge in [-0.25, -0.2) is 4.79 Å². The number of aromatic nitrogens is 1. The van der Waals surface area contributed by atoms with Gasteiger partial charge in [-0.1, -0.05) is 35.5 Å². The number of hydrogen-bond donors (Lipinski definition) is 3. The van der Waals surface area contributed by atoms with Gasteiger partial charge in [0.1, 0.15) is 17.0 Å². The fraction of sp³-hybridized carbons (Fsp3) is 0.333. The van der Waals surface area contributed by atoms with Crippen LogP contribution in [0.3, 0.4) is 0 Å². The van der Waals surface area contributed by atoms with Crippen LogP contribution in [0.15, 0.2) is 47.0 Å². The molecule has 1 aromatic heterocycles. The first-order chi connectivity index (χ1) is 16.0. The van der Waals surface area contributed by atoms with Gasteiger partial charge in [-0.3, -0.25) is 14.9 Å². The summed E-state index contributed by atoms with van der Waals surface area (Å²) >= 11 is 0. The molecule has 1 spiro atoms. The van der Waals surface area contributed by atoms with E-state index in [1.807, 2.05) is 36.4 Å². The Morgan fingerprint density at radius 3 is 2.73 bits per heavy atom. The second kappa shape index (κ2) is 8.23. The SMILES string of the molecule is COc1ccc2ccccc2c1-c1cc(CNC(=O)C2CCC3(CC2)NC(=O)NC3=O)on1. The van der Waals surface area contributed by atoms with Crippen LogP contribution in [-0.4, -0.2) is 35.7 Å². The first-order valence-electron chi connectivity index (χ1n) is 10.9. The third kappa shape index (κ3) is 3.79. The van der Waals surface area contributed by atoms with Crippen LogP contribution in [0.1, 0.15) is 31.4 Å². The van der Waals surface area contributed by atoms with Gasteiger partial charge in [-0.15, -0.1) is 0 Å². The van der Waals surface area contributed by atoms with E-state index < -0.39 is 11.6 Å². The molecule has 2 aromatic carbocycles. The standard InChI is InChI=1S/C24H24N4O5/c1-32-19-7-6-14-4-2-3-5-17(14)20(19)18-12-16(33-28-18)13-25-21(29)15-8-10-24(11-9-15)22(30)26-23(31)27-24/h2-7,12,15H,8-11,13H2,1H3,(H,25,29)(H2,26,27,30,31). The number of urea groups is 1. The zero-order chi connectivity index (χ0) is 23.0. The zero-order valence-electron chi connectivity index (χ0n) is 18.1. The first kappa shape index (κ1) is 21.0. The molecule has 5 rings (SSSR count). The monoisotopic (exact) mass is 448 g/mol. The molecule has 0 bridgehead atoms. The van der Waals surface area contributed by atoms with Crippen LogP contribution in [0.4, 0.5) is 4.79 Å². The fourth-order valence-corrected chi connectivity index (χ4v) is 4.77. The van der Waals surface area contributed by atoms with Crippen LogP contribution in [0.5, 0.6) is 5.75 Å². The van der Waals surface area contributed by atoms with Gasteiger partial charge in [0.15, 0.2) is 5.76 Å².